The summed E-state index contributed by atoms with van der Waals surface area (Å²) in [6.07, 6.45) is -0.454. The Morgan fingerprint density at radius 2 is 2.09 bits per heavy atom. The molecule has 2 amide bonds. The third-order valence-corrected chi connectivity index (χ3v) is 1.42. The molecule has 1 atom stereocenters. The molecule has 1 unspecified atom stereocenters. The number of imide groups is 1. The summed E-state index contributed by atoms with van der Waals surface area (Å²) < 4.78 is 0. The van der Waals surface area contributed by atoms with Crippen molar-refractivity contribution in [3.05, 3.63) is 0 Å². The summed E-state index contributed by atoms with van der Waals surface area (Å²) in [5.41, 5.74) is 0. The van der Waals surface area contributed by atoms with E-state index in [2.05, 4.69) is 0 Å². The highest BCUT2D eigenvalue weighted by atomic mass is 16.5. The van der Waals surface area contributed by atoms with Crippen LogP contribution in [-0.4, -0.2) is 33.2 Å². The second kappa shape index (κ2) is 2.31. The summed E-state index contributed by atoms with van der Waals surface area (Å²) in [4.78, 5) is 31.3. The average Bonchev–Trinajstić information content (AvgIpc) is 2.17. The van der Waals surface area contributed by atoms with Crippen molar-refractivity contribution in [3.63, 3.8) is 0 Å². The molecule has 6 nitrogen and oxygen atoms in total. The lowest BCUT2D eigenvalue weighted by molar-refractivity contribution is -0.173. The third-order valence-electron chi connectivity index (χ3n) is 1.42. The Hall–Kier alpha value is -1.43. The molecule has 6 heteroatoms. The van der Waals surface area contributed by atoms with E-state index in [1.165, 1.54) is 0 Å². The molecule has 0 bridgehead atoms. The van der Waals surface area contributed by atoms with Gasteiger partial charge in [0.25, 0.3) is 11.8 Å². The van der Waals surface area contributed by atoms with Gasteiger partial charge in [0.15, 0.2) is 0 Å². The van der Waals surface area contributed by atoms with Crippen molar-refractivity contribution in [2.45, 2.75) is 6.42 Å². The van der Waals surface area contributed by atoms with Gasteiger partial charge in [-0.15, -0.1) is 0 Å². The maximum Gasteiger partial charge on any atom is 0.316 e. The van der Waals surface area contributed by atoms with Gasteiger partial charge in [-0.05, 0) is 0 Å². The van der Waals surface area contributed by atoms with Crippen LogP contribution in [0.15, 0.2) is 0 Å². The zero-order valence-corrected chi connectivity index (χ0v) is 5.35. The Labute approximate surface area is 61.0 Å². The number of carboxylic acid groups (broad SMARTS) is 1. The fourth-order valence-corrected chi connectivity index (χ4v) is 0.812. The van der Waals surface area contributed by atoms with Crippen molar-refractivity contribution in [2.75, 3.05) is 0 Å². The van der Waals surface area contributed by atoms with Crippen LogP contribution in [0.1, 0.15) is 6.42 Å². The topological polar surface area (TPSA) is 94.9 Å². The van der Waals surface area contributed by atoms with E-state index in [0.717, 1.165) is 0 Å². The number of rotatable bonds is 1. The fraction of sp³-hybridized carbons (Fsp3) is 0.400. The normalized spacial score (nSPS) is 24.5. The second-order valence-electron chi connectivity index (χ2n) is 2.14. The Balaban J connectivity index is 2.83. The zero-order chi connectivity index (χ0) is 8.59. The number of carbonyl (C=O) groups is 3. The van der Waals surface area contributed by atoms with Crippen LogP contribution in [0.5, 0.6) is 0 Å². The standard InChI is InChI=1S/C5H5NO5/c7-3-1-2(5(9)10)4(8)6(3)11/h2,11H,1H2,(H,9,10). The molecule has 0 saturated carbocycles. The van der Waals surface area contributed by atoms with E-state index in [-0.39, 0.29) is 5.06 Å². The molecule has 0 aromatic heterocycles. The van der Waals surface area contributed by atoms with E-state index < -0.39 is 30.1 Å². The summed E-state index contributed by atoms with van der Waals surface area (Å²) >= 11 is 0. The number of hydrogen-bond donors (Lipinski definition) is 2. The monoisotopic (exact) mass is 159 g/mol. The van der Waals surface area contributed by atoms with Crippen LogP contribution in [0.3, 0.4) is 0 Å². The fourth-order valence-electron chi connectivity index (χ4n) is 0.812. The number of aliphatic carboxylic acids is 1. The molecular formula is C5H5NO5. The summed E-state index contributed by atoms with van der Waals surface area (Å²) in [6.45, 7) is 0. The number of hydroxylamine groups is 2. The molecule has 0 aromatic carbocycles. The Morgan fingerprint density at radius 1 is 1.55 bits per heavy atom. The quantitative estimate of drug-likeness (QED) is 0.285. The van der Waals surface area contributed by atoms with E-state index in [1.54, 1.807) is 0 Å². The number of carbonyl (C=O) groups excluding carboxylic acids is 2. The van der Waals surface area contributed by atoms with Gasteiger partial charge < -0.3 is 5.11 Å². The summed E-state index contributed by atoms with van der Waals surface area (Å²) in [7, 11) is 0. The molecule has 1 fully saturated rings. The predicted octanol–water partition coefficient (Wildman–Crippen LogP) is -1.16. The lowest BCUT2D eigenvalue weighted by atomic mass is 10.1. The maximum atomic E-state index is 10.6. The zero-order valence-electron chi connectivity index (χ0n) is 5.35. The number of nitrogens with zero attached hydrogens (tertiary/aromatic N) is 1. The molecule has 1 saturated heterocycles. The SMILES string of the molecule is O=C(O)C1CC(=O)N(O)C1=O. The molecular weight excluding hydrogens is 154 g/mol. The molecule has 11 heavy (non-hydrogen) atoms. The van der Waals surface area contributed by atoms with Crippen LogP contribution < -0.4 is 0 Å². The van der Waals surface area contributed by atoms with Crippen LogP contribution in [-0.2, 0) is 14.4 Å². The summed E-state index contributed by atoms with van der Waals surface area (Å²) in [5, 5.41) is 16.7. The van der Waals surface area contributed by atoms with Crippen molar-refractivity contribution >= 4 is 17.8 Å². The van der Waals surface area contributed by atoms with Crippen LogP contribution in [0.4, 0.5) is 0 Å². The van der Waals surface area contributed by atoms with Gasteiger partial charge in [-0.1, -0.05) is 0 Å². The highest BCUT2D eigenvalue weighted by Gasteiger charge is 2.42. The molecule has 0 aromatic rings. The first-order chi connectivity index (χ1) is 5.04. The van der Waals surface area contributed by atoms with Gasteiger partial charge >= 0.3 is 5.97 Å². The minimum atomic E-state index is -1.41. The van der Waals surface area contributed by atoms with Crippen molar-refractivity contribution in [3.8, 4) is 0 Å². The predicted molar refractivity (Wildman–Crippen MR) is 29.4 cm³/mol. The highest BCUT2D eigenvalue weighted by Crippen LogP contribution is 2.17. The van der Waals surface area contributed by atoms with Gasteiger partial charge in [-0.2, -0.15) is 5.06 Å². The van der Waals surface area contributed by atoms with Crippen molar-refractivity contribution in [1.29, 1.82) is 0 Å². The van der Waals surface area contributed by atoms with Crippen LogP contribution in [0.2, 0.25) is 0 Å². The van der Waals surface area contributed by atoms with Crippen molar-refractivity contribution < 1.29 is 24.7 Å². The van der Waals surface area contributed by atoms with E-state index >= 15 is 0 Å². The molecule has 1 aliphatic heterocycles. The molecule has 60 valence electrons. The van der Waals surface area contributed by atoms with Gasteiger partial charge in [0.05, 0.1) is 6.42 Å². The average molecular weight is 159 g/mol. The van der Waals surface area contributed by atoms with Gasteiger partial charge in [0.2, 0.25) is 0 Å². The molecule has 1 heterocycles. The molecule has 2 N–H and O–H groups in total. The first-order valence-corrected chi connectivity index (χ1v) is 2.82. The number of hydrogen-bond acceptors (Lipinski definition) is 4. The lowest BCUT2D eigenvalue weighted by Crippen LogP contribution is -2.29. The largest absolute Gasteiger partial charge is 0.481 e. The second-order valence-corrected chi connectivity index (χ2v) is 2.14. The number of carboxylic acids is 1. The highest BCUT2D eigenvalue weighted by molar-refractivity contribution is 6.11. The van der Waals surface area contributed by atoms with E-state index in [9.17, 15) is 14.4 Å². The van der Waals surface area contributed by atoms with Crippen LogP contribution >= 0.6 is 0 Å². The summed E-state index contributed by atoms with van der Waals surface area (Å²) in [5.74, 6) is -4.74. The van der Waals surface area contributed by atoms with E-state index in [1.807, 2.05) is 0 Å². The minimum absolute atomic E-state index is 0.154. The maximum absolute atomic E-state index is 10.6. The van der Waals surface area contributed by atoms with Gasteiger partial charge in [-0.3, -0.25) is 19.6 Å². The molecule has 1 aliphatic rings. The van der Waals surface area contributed by atoms with Gasteiger partial charge in [-0.25, -0.2) is 0 Å². The van der Waals surface area contributed by atoms with Crippen LogP contribution in [0, 0.1) is 5.92 Å². The molecule has 0 radical (unpaired) electrons. The molecule has 0 spiro atoms. The lowest BCUT2D eigenvalue weighted by Gasteiger charge is -2.01. The van der Waals surface area contributed by atoms with Crippen molar-refractivity contribution in [2.24, 2.45) is 5.92 Å². The van der Waals surface area contributed by atoms with Gasteiger partial charge in [0.1, 0.15) is 5.92 Å². The molecule has 1 rings (SSSR count). The van der Waals surface area contributed by atoms with Gasteiger partial charge in [0, 0.05) is 0 Å². The minimum Gasteiger partial charge on any atom is -0.481 e. The smallest absolute Gasteiger partial charge is 0.316 e. The van der Waals surface area contributed by atoms with Crippen molar-refractivity contribution in [1.82, 2.24) is 5.06 Å². The first-order valence-electron chi connectivity index (χ1n) is 2.82. The Kier molecular flexibility index (Phi) is 1.61. The van der Waals surface area contributed by atoms with E-state index in [0.29, 0.717) is 0 Å². The number of amides is 2. The van der Waals surface area contributed by atoms with Crippen LogP contribution in [0.25, 0.3) is 0 Å². The Bertz CT molecular complexity index is 235. The Morgan fingerprint density at radius 3 is 2.27 bits per heavy atom. The summed E-state index contributed by atoms with van der Waals surface area (Å²) in [6, 6.07) is 0. The first kappa shape index (κ1) is 7.67. The third kappa shape index (κ3) is 1.07. The van der Waals surface area contributed by atoms with E-state index in [4.69, 9.17) is 10.3 Å². The molecule has 0 aliphatic carbocycles.